The number of hydrogen-bond donors (Lipinski definition) is 2. The first-order valence-electron chi connectivity index (χ1n) is 8.60. The van der Waals surface area contributed by atoms with Gasteiger partial charge in [-0.3, -0.25) is 14.7 Å². The maximum absolute atomic E-state index is 11.1. The van der Waals surface area contributed by atoms with Gasteiger partial charge in [0.2, 0.25) is 5.91 Å². The monoisotopic (exact) mass is 359 g/mol. The second-order valence-corrected chi connectivity index (χ2v) is 7.78. The maximum atomic E-state index is 11.1. The van der Waals surface area contributed by atoms with Crippen molar-refractivity contribution >= 4 is 22.4 Å². The number of nitrogens with one attached hydrogen (secondary N) is 2. The fraction of sp³-hybridized carbons (Fsp3) is 0.500. The Morgan fingerprint density at radius 1 is 1.40 bits per heavy atom. The van der Waals surface area contributed by atoms with E-state index in [9.17, 15) is 4.79 Å². The largest absolute Gasteiger partial charge is 0.311 e. The molecule has 0 bridgehead atoms. The minimum absolute atomic E-state index is 0.0777. The average Bonchev–Trinajstić information content (AvgIpc) is 2.92. The predicted molar refractivity (Wildman–Crippen MR) is 101 cm³/mol. The summed E-state index contributed by atoms with van der Waals surface area (Å²) in [6, 6.07) is 4.80. The van der Waals surface area contributed by atoms with Crippen molar-refractivity contribution in [3.05, 3.63) is 40.2 Å². The van der Waals surface area contributed by atoms with Crippen LogP contribution >= 0.6 is 11.3 Å². The number of nitrogens with zero attached hydrogens (tertiary/aromatic N) is 3. The van der Waals surface area contributed by atoms with Gasteiger partial charge >= 0.3 is 0 Å². The van der Waals surface area contributed by atoms with Gasteiger partial charge in [-0.1, -0.05) is 0 Å². The molecule has 3 rings (SSSR count). The minimum atomic E-state index is -0.0777. The Balaban J connectivity index is 1.57. The van der Waals surface area contributed by atoms with Crippen LogP contribution < -0.4 is 10.6 Å². The lowest BCUT2D eigenvalue weighted by atomic mass is 10.0. The third kappa shape index (κ3) is 5.32. The van der Waals surface area contributed by atoms with Crippen LogP contribution in [-0.2, 0) is 17.8 Å². The van der Waals surface area contributed by atoms with Gasteiger partial charge in [-0.15, -0.1) is 11.3 Å². The smallest absolute Gasteiger partial charge is 0.223 e. The number of aromatic nitrogens is 2. The van der Waals surface area contributed by atoms with E-state index in [0.717, 1.165) is 44.0 Å². The van der Waals surface area contributed by atoms with Gasteiger partial charge in [-0.2, -0.15) is 0 Å². The molecule has 1 aliphatic rings. The van der Waals surface area contributed by atoms with Crippen molar-refractivity contribution in [2.24, 2.45) is 0 Å². The molecule has 25 heavy (non-hydrogen) atoms. The van der Waals surface area contributed by atoms with E-state index in [1.165, 1.54) is 17.4 Å². The zero-order valence-corrected chi connectivity index (χ0v) is 15.8. The van der Waals surface area contributed by atoms with Gasteiger partial charge < -0.3 is 10.6 Å². The molecule has 1 atom stereocenters. The van der Waals surface area contributed by atoms with Crippen LogP contribution in [0.4, 0.5) is 5.13 Å². The number of pyridine rings is 1. The van der Waals surface area contributed by atoms with Gasteiger partial charge in [0.25, 0.3) is 0 Å². The highest BCUT2D eigenvalue weighted by Crippen LogP contribution is 2.20. The van der Waals surface area contributed by atoms with Crippen molar-refractivity contribution in [3.8, 4) is 0 Å². The summed E-state index contributed by atoms with van der Waals surface area (Å²) in [7, 11) is 0. The number of amides is 1. The molecule has 2 aromatic heterocycles. The van der Waals surface area contributed by atoms with E-state index in [-0.39, 0.29) is 5.91 Å². The first kappa shape index (κ1) is 18.0. The van der Waals surface area contributed by atoms with Gasteiger partial charge in [0.05, 0.1) is 0 Å². The molecule has 0 aliphatic carbocycles. The molecule has 1 aliphatic heterocycles. The number of rotatable bonds is 5. The molecule has 1 amide bonds. The van der Waals surface area contributed by atoms with E-state index in [1.807, 2.05) is 20.0 Å². The van der Waals surface area contributed by atoms with E-state index in [0.29, 0.717) is 11.2 Å². The number of anilines is 1. The standard InChI is InChI=1S/C18H25N5OS/c1-12-6-15(7-13(2)21-12)8-16-10-23(5-4-19-16)11-17-9-20-18(25-17)22-14(3)24/h6-7,9,16,19H,4-5,8,10-11H2,1-3H3,(H,20,22,24)/t16-/m1/s1. The van der Waals surface area contributed by atoms with Crippen LogP contribution in [0.25, 0.3) is 0 Å². The van der Waals surface area contributed by atoms with Crippen LogP contribution in [0.3, 0.4) is 0 Å². The van der Waals surface area contributed by atoms with Crippen LogP contribution in [-0.4, -0.2) is 46.5 Å². The van der Waals surface area contributed by atoms with Gasteiger partial charge in [-0.05, 0) is 38.0 Å². The molecule has 0 spiro atoms. The third-order valence-electron chi connectivity index (χ3n) is 4.18. The Kier molecular flexibility index (Phi) is 5.78. The fourth-order valence-corrected chi connectivity index (χ4v) is 4.21. The highest BCUT2D eigenvalue weighted by atomic mass is 32.1. The molecular weight excluding hydrogens is 334 g/mol. The van der Waals surface area contributed by atoms with E-state index >= 15 is 0 Å². The number of carbonyl (C=O) groups excluding carboxylic acids is 1. The van der Waals surface area contributed by atoms with Crippen molar-refractivity contribution in [2.75, 3.05) is 25.0 Å². The molecule has 0 saturated carbocycles. The molecule has 0 radical (unpaired) electrons. The Morgan fingerprint density at radius 2 is 2.16 bits per heavy atom. The molecule has 1 fully saturated rings. The summed E-state index contributed by atoms with van der Waals surface area (Å²) >= 11 is 1.55. The number of aryl methyl sites for hydroxylation is 2. The zero-order chi connectivity index (χ0) is 17.8. The lowest BCUT2D eigenvalue weighted by Gasteiger charge is -2.33. The molecule has 134 valence electrons. The summed E-state index contributed by atoms with van der Waals surface area (Å²) < 4.78 is 0. The molecule has 0 unspecified atom stereocenters. The van der Waals surface area contributed by atoms with Crippen LogP contribution in [0, 0.1) is 13.8 Å². The molecule has 7 heteroatoms. The minimum Gasteiger partial charge on any atom is -0.311 e. The molecule has 3 heterocycles. The molecule has 1 saturated heterocycles. The van der Waals surface area contributed by atoms with Gasteiger partial charge in [-0.25, -0.2) is 4.98 Å². The molecule has 2 aromatic rings. The average molecular weight is 359 g/mol. The van der Waals surface area contributed by atoms with Crippen LogP contribution in [0.2, 0.25) is 0 Å². The highest BCUT2D eigenvalue weighted by molar-refractivity contribution is 7.15. The molecule has 2 N–H and O–H groups in total. The van der Waals surface area contributed by atoms with Crippen LogP contribution in [0.5, 0.6) is 0 Å². The quantitative estimate of drug-likeness (QED) is 0.856. The Morgan fingerprint density at radius 3 is 2.88 bits per heavy atom. The van der Waals surface area contributed by atoms with E-state index in [4.69, 9.17) is 0 Å². The van der Waals surface area contributed by atoms with Gasteiger partial charge in [0.15, 0.2) is 5.13 Å². The first-order chi connectivity index (χ1) is 12.0. The topological polar surface area (TPSA) is 70.2 Å². The summed E-state index contributed by atoms with van der Waals surface area (Å²) in [5, 5.41) is 7.05. The number of hydrogen-bond acceptors (Lipinski definition) is 6. The lowest BCUT2D eigenvalue weighted by Crippen LogP contribution is -2.51. The summed E-state index contributed by atoms with van der Waals surface area (Å²) in [5.41, 5.74) is 3.51. The summed E-state index contributed by atoms with van der Waals surface area (Å²) in [5.74, 6) is -0.0777. The maximum Gasteiger partial charge on any atom is 0.223 e. The van der Waals surface area contributed by atoms with Crippen molar-refractivity contribution in [3.63, 3.8) is 0 Å². The second-order valence-electron chi connectivity index (χ2n) is 6.66. The molecular formula is C18H25N5OS. The Labute approximate surface area is 152 Å². The predicted octanol–water partition coefficient (Wildman–Crippen LogP) is 2.13. The molecule has 6 nitrogen and oxygen atoms in total. The highest BCUT2D eigenvalue weighted by Gasteiger charge is 2.20. The van der Waals surface area contributed by atoms with Crippen LogP contribution in [0.1, 0.15) is 28.8 Å². The van der Waals surface area contributed by atoms with Crippen molar-refractivity contribution in [1.82, 2.24) is 20.2 Å². The van der Waals surface area contributed by atoms with Crippen molar-refractivity contribution in [2.45, 2.75) is 39.8 Å². The van der Waals surface area contributed by atoms with Crippen molar-refractivity contribution < 1.29 is 4.79 Å². The SMILES string of the molecule is CC(=O)Nc1ncc(CN2CCN[C@H](Cc3cc(C)nc(C)c3)C2)s1. The summed E-state index contributed by atoms with van der Waals surface area (Å²) in [6.45, 7) is 9.51. The van der Waals surface area contributed by atoms with Crippen LogP contribution in [0.15, 0.2) is 18.3 Å². The van der Waals surface area contributed by atoms with E-state index < -0.39 is 0 Å². The molecule has 0 aromatic carbocycles. The third-order valence-corrected chi connectivity index (χ3v) is 5.08. The van der Waals surface area contributed by atoms with Gasteiger partial charge in [0, 0.05) is 61.6 Å². The lowest BCUT2D eigenvalue weighted by molar-refractivity contribution is -0.114. The van der Waals surface area contributed by atoms with Gasteiger partial charge in [0.1, 0.15) is 0 Å². The Hall–Kier alpha value is -1.83. The number of carbonyl (C=O) groups is 1. The second kappa shape index (κ2) is 8.03. The zero-order valence-electron chi connectivity index (χ0n) is 15.0. The number of thiazole rings is 1. The summed E-state index contributed by atoms with van der Waals surface area (Å²) in [6.07, 6.45) is 2.88. The van der Waals surface area contributed by atoms with E-state index in [2.05, 4.69) is 37.6 Å². The summed E-state index contributed by atoms with van der Waals surface area (Å²) in [4.78, 5) is 23.5. The van der Waals surface area contributed by atoms with Crippen molar-refractivity contribution in [1.29, 1.82) is 0 Å². The Bertz CT molecular complexity index is 725. The van der Waals surface area contributed by atoms with E-state index in [1.54, 1.807) is 11.3 Å². The first-order valence-corrected chi connectivity index (χ1v) is 9.42. The number of piperazine rings is 1. The fourth-order valence-electron chi connectivity index (χ4n) is 3.31. The normalized spacial score (nSPS) is 18.3.